The summed E-state index contributed by atoms with van der Waals surface area (Å²) in [6.07, 6.45) is 0.771. The van der Waals surface area contributed by atoms with Crippen LogP contribution in [0.2, 0.25) is 0 Å². The second-order valence-corrected chi connectivity index (χ2v) is 6.97. The molecule has 4 heteroatoms. The van der Waals surface area contributed by atoms with Crippen molar-refractivity contribution in [3.63, 3.8) is 0 Å². The molecule has 0 fully saturated rings. The monoisotopic (exact) mass is 342 g/mol. The molecule has 2 aromatic carbocycles. The largest absolute Gasteiger partial charge is 0.497 e. The molecule has 2 aromatic rings. The number of ether oxygens (including phenoxy) is 3. The standard InChI is InChI=1S/C21H26O4/c1-15-6-9-19(18(12-15)21(2,3)4)24-10-11-25-20-13-17(23-5)8-7-16(20)14-22/h6-9,12-14H,10-11H2,1-5H3. The SMILES string of the molecule is COc1ccc(C=O)c(OCCOc2ccc(C)cc2C(C)(C)C)c1. The molecule has 0 aromatic heterocycles. The van der Waals surface area contributed by atoms with E-state index in [1.54, 1.807) is 25.3 Å². The smallest absolute Gasteiger partial charge is 0.153 e. The summed E-state index contributed by atoms with van der Waals surface area (Å²) in [7, 11) is 1.58. The van der Waals surface area contributed by atoms with Crippen molar-refractivity contribution in [2.45, 2.75) is 33.1 Å². The second-order valence-electron chi connectivity index (χ2n) is 6.97. The number of rotatable bonds is 7. The Morgan fingerprint density at radius 1 is 0.960 bits per heavy atom. The number of hydrogen-bond donors (Lipinski definition) is 0. The summed E-state index contributed by atoms with van der Waals surface area (Å²) in [6, 6.07) is 11.3. The van der Waals surface area contributed by atoms with Crippen molar-refractivity contribution in [2.24, 2.45) is 0 Å². The first-order valence-electron chi connectivity index (χ1n) is 8.35. The van der Waals surface area contributed by atoms with E-state index in [2.05, 4.69) is 33.8 Å². The van der Waals surface area contributed by atoms with E-state index in [0.29, 0.717) is 30.3 Å². The van der Waals surface area contributed by atoms with Gasteiger partial charge in [0.2, 0.25) is 0 Å². The van der Waals surface area contributed by atoms with E-state index in [1.807, 2.05) is 12.1 Å². The van der Waals surface area contributed by atoms with Crippen LogP contribution in [0.15, 0.2) is 36.4 Å². The van der Waals surface area contributed by atoms with Crippen LogP contribution in [0.4, 0.5) is 0 Å². The maximum Gasteiger partial charge on any atom is 0.153 e. The Balaban J connectivity index is 2.02. The Kier molecular flexibility index (Phi) is 6.07. The molecule has 0 aliphatic carbocycles. The number of aldehydes is 1. The highest BCUT2D eigenvalue weighted by Crippen LogP contribution is 2.32. The van der Waals surface area contributed by atoms with Gasteiger partial charge in [0.1, 0.15) is 30.5 Å². The lowest BCUT2D eigenvalue weighted by Gasteiger charge is -2.23. The molecule has 0 saturated heterocycles. The molecule has 0 spiro atoms. The van der Waals surface area contributed by atoms with Gasteiger partial charge in [-0.3, -0.25) is 4.79 Å². The highest BCUT2D eigenvalue weighted by Gasteiger charge is 2.19. The molecular weight excluding hydrogens is 316 g/mol. The van der Waals surface area contributed by atoms with Gasteiger partial charge < -0.3 is 14.2 Å². The molecule has 0 atom stereocenters. The van der Waals surface area contributed by atoms with Crippen LogP contribution in [-0.2, 0) is 5.41 Å². The van der Waals surface area contributed by atoms with E-state index in [-0.39, 0.29) is 5.41 Å². The molecule has 0 unspecified atom stereocenters. The van der Waals surface area contributed by atoms with E-state index < -0.39 is 0 Å². The van der Waals surface area contributed by atoms with Gasteiger partial charge in [-0.05, 0) is 36.1 Å². The first kappa shape index (κ1) is 18.8. The molecule has 4 nitrogen and oxygen atoms in total. The van der Waals surface area contributed by atoms with Crippen molar-refractivity contribution < 1.29 is 19.0 Å². The van der Waals surface area contributed by atoms with Crippen LogP contribution < -0.4 is 14.2 Å². The summed E-state index contributed by atoms with van der Waals surface area (Å²) in [5.41, 5.74) is 2.87. The quantitative estimate of drug-likeness (QED) is 0.546. The lowest BCUT2D eigenvalue weighted by molar-refractivity contribution is 0.111. The van der Waals surface area contributed by atoms with E-state index in [1.165, 1.54) is 11.1 Å². The van der Waals surface area contributed by atoms with Crippen LogP contribution in [-0.4, -0.2) is 26.6 Å². The number of carbonyl (C=O) groups excluding carboxylic acids is 1. The molecule has 2 rings (SSSR count). The van der Waals surface area contributed by atoms with Crippen molar-refractivity contribution in [1.82, 2.24) is 0 Å². The summed E-state index contributed by atoms with van der Waals surface area (Å²) in [4.78, 5) is 11.1. The predicted molar refractivity (Wildman–Crippen MR) is 99.3 cm³/mol. The highest BCUT2D eigenvalue weighted by atomic mass is 16.5. The molecule has 134 valence electrons. The minimum absolute atomic E-state index is 0.000304. The summed E-state index contributed by atoms with van der Waals surface area (Å²) >= 11 is 0. The van der Waals surface area contributed by atoms with Crippen molar-refractivity contribution in [3.05, 3.63) is 53.1 Å². The number of hydrogen-bond acceptors (Lipinski definition) is 4. The number of benzene rings is 2. The predicted octanol–water partition coefficient (Wildman–Crippen LogP) is 4.57. The molecule has 0 amide bonds. The Morgan fingerprint density at radius 3 is 2.24 bits per heavy atom. The fraction of sp³-hybridized carbons (Fsp3) is 0.381. The average molecular weight is 342 g/mol. The molecule has 25 heavy (non-hydrogen) atoms. The summed E-state index contributed by atoms with van der Waals surface area (Å²) in [6.45, 7) is 9.30. The first-order valence-corrected chi connectivity index (χ1v) is 8.35. The number of aryl methyl sites for hydroxylation is 1. The van der Waals surface area contributed by atoms with Crippen LogP contribution >= 0.6 is 0 Å². The summed E-state index contributed by atoms with van der Waals surface area (Å²) in [5, 5.41) is 0. The third-order valence-electron chi connectivity index (χ3n) is 3.89. The van der Waals surface area contributed by atoms with Gasteiger partial charge in [-0.25, -0.2) is 0 Å². The summed E-state index contributed by atoms with van der Waals surface area (Å²) in [5.74, 6) is 2.01. The van der Waals surface area contributed by atoms with Gasteiger partial charge in [0.25, 0.3) is 0 Å². The van der Waals surface area contributed by atoms with E-state index in [4.69, 9.17) is 14.2 Å². The normalized spacial score (nSPS) is 11.1. The number of carbonyl (C=O) groups is 1. The molecule has 0 saturated carbocycles. The zero-order chi connectivity index (χ0) is 18.4. The fourth-order valence-electron chi connectivity index (χ4n) is 2.52. The lowest BCUT2D eigenvalue weighted by atomic mass is 9.85. The molecule has 0 heterocycles. The van der Waals surface area contributed by atoms with Crippen LogP contribution in [0.1, 0.15) is 42.3 Å². The average Bonchev–Trinajstić information content (AvgIpc) is 2.58. The minimum atomic E-state index is -0.000304. The Bertz CT molecular complexity index is 729. The van der Waals surface area contributed by atoms with Gasteiger partial charge in [0.15, 0.2) is 6.29 Å². The van der Waals surface area contributed by atoms with Crippen LogP contribution in [0.25, 0.3) is 0 Å². The fourth-order valence-corrected chi connectivity index (χ4v) is 2.52. The highest BCUT2D eigenvalue weighted by molar-refractivity contribution is 5.79. The van der Waals surface area contributed by atoms with Gasteiger partial charge in [0.05, 0.1) is 12.7 Å². The van der Waals surface area contributed by atoms with Gasteiger partial charge in [-0.15, -0.1) is 0 Å². The Morgan fingerprint density at radius 2 is 1.64 bits per heavy atom. The van der Waals surface area contributed by atoms with Gasteiger partial charge >= 0.3 is 0 Å². The first-order chi connectivity index (χ1) is 11.8. The Labute approximate surface area is 149 Å². The zero-order valence-corrected chi connectivity index (χ0v) is 15.6. The third kappa shape index (κ3) is 4.99. The van der Waals surface area contributed by atoms with E-state index in [9.17, 15) is 4.79 Å². The van der Waals surface area contributed by atoms with Crippen LogP contribution in [0.3, 0.4) is 0 Å². The van der Waals surface area contributed by atoms with Crippen molar-refractivity contribution >= 4 is 6.29 Å². The van der Waals surface area contributed by atoms with Crippen LogP contribution in [0, 0.1) is 6.92 Å². The summed E-state index contributed by atoms with van der Waals surface area (Å²) < 4.78 is 16.8. The van der Waals surface area contributed by atoms with E-state index >= 15 is 0 Å². The minimum Gasteiger partial charge on any atom is -0.497 e. The lowest BCUT2D eigenvalue weighted by Crippen LogP contribution is -2.16. The number of methoxy groups -OCH3 is 1. The zero-order valence-electron chi connectivity index (χ0n) is 15.6. The van der Waals surface area contributed by atoms with Gasteiger partial charge in [0, 0.05) is 6.07 Å². The molecule has 0 radical (unpaired) electrons. The van der Waals surface area contributed by atoms with Gasteiger partial charge in [-0.1, -0.05) is 38.5 Å². The molecule has 0 bridgehead atoms. The van der Waals surface area contributed by atoms with E-state index in [0.717, 1.165) is 12.0 Å². The van der Waals surface area contributed by atoms with Crippen molar-refractivity contribution in [3.8, 4) is 17.2 Å². The Hall–Kier alpha value is -2.49. The molecule has 0 aliphatic rings. The topological polar surface area (TPSA) is 44.8 Å². The molecule has 0 aliphatic heterocycles. The van der Waals surface area contributed by atoms with Crippen molar-refractivity contribution in [2.75, 3.05) is 20.3 Å². The van der Waals surface area contributed by atoms with Gasteiger partial charge in [-0.2, -0.15) is 0 Å². The third-order valence-corrected chi connectivity index (χ3v) is 3.89. The van der Waals surface area contributed by atoms with Crippen LogP contribution in [0.5, 0.6) is 17.2 Å². The van der Waals surface area contributed by atoms with Crippen molar-refractivity contribution in [1.29, 1.82) is 0 Å². The second kappa shape index (κ2) is 8.06. The molecule has 0 N–H and O–H groups in total. The molecular formula is C21H26O4. The maximum atomic E-state index is 11.1. The maximum absolute atomic E-state index is 11.1.